The van der Waals surface area contributed by atoms with E-state index in [0.717, 1.165) is 10.5 Å². The Kier molecular flexibility index (Phi) is 4.76. The van der Waals surface area contributed by atoms with Gasteiger partial charge in [0, 0.05) is 0 Å². The number of rotatable bonds is 4. The van der Waals surface area contributed by atoms with Crippen LogP contribution in [0.2, 0.25) is 0 Å². The van der Waals surface area contributed by atoms with Crippen molar-refractivity contribution in [3.63, 3.8) is 0 Å². The van der Waals surface area contributed by atoms with Crippen LogP contribution in [0.5, 0.6) is 0 Å². The van der Waals surface area contributed by atoms with Gasteiger partial charge < -0.3 is 14.2 Å². The number of esters is 2. The van der Waals surface area contributed by atoms with Gasteiger partial charge in [-0.1, -0.05) is 30.3 Å². The van der Waals surface area contributed by atoms with Gasteiger partial charge in [-0.15, -0.1) is 0 Å². The summed E-state index contributed by atoms with van der Waals surface area (Å²) in [6.45, 7) is -0.149. The second-order valence-electron chi connectivity index (χ2n) is 4.40. The summed E-state index contributed by atoms with van der Waals surface area (Å²) < 4.78 is 14.4. The van der Waals surface area contributed by atoms with Crippen LogP contribution >= 0.6 is 0 Å². The highest BCUT2D eigenvalue weighted by molar-refractivity contribution is 5.88. The van der Waals surface area contributed by atoms with Crippen LogP contribution in [0.1, 0.15) is 12.0 Å². The maximum Gasteiger partial charge on any atom is 0.413 e. The summed E-state index contributed by atoms with van der Waals surface area (Å²) in [6.07, 6.45) is -0.964. The molecule has 0 radical (unpaired) electrons. The van der Waals surface area contributed by atoms with Gasteiger partial charge in [0.2, 0.25) is 0 Å². The van der Waals surface area contributed by atoms with Gasteiger partial charge in [0.15, 0.2) is 6.73 Å². The standard InChI is InChI=1S/C14H15NO6/c1-19-12(16)7-11-13(17)21-9-15(11)14(18)20-8-10-5-3-2-4-6-10/h2-6,11H,7-9H2,1H3. The fourth-order valence-corrected chi connectivity index (χ4v) is 1.86. The summed E-state index contributed by atoms with van der Waals surface area (Å²) in [6, 6.07) is 8.12. The Morgan fingerprint density at radius 2 is 2.05 bits per heavy atom. The Balaban J connectivity index is 1.94. The molecule has 21 heavy (non-hydrogen) atoms. The van der Waals surface area contributed by atoms with Crippen molar-refractivity contribution < 1.29 is 28.6 Å². The van der Waals surface area contributed by atoms with Gasteiger partial charge >= 0.3 is 18.0 Å². The van der Waals surface area contributed by atoms with E-state index >= 15 is 0 Å². The zero-order valence-corrected chi connectivity index (χ0v) is 11.5. The quantitative estimate of drug-likeness (QED) is 0.610. The molecular formula is C14H15NO6. The summed E-state index contributed by atoms with van der Waals surface area (Å²) in [7, 11) is 1.21. The summed E-state index contributed by atoms with van der Waals surface area (Å²) in [5, 5.41) is 0. The number of hydrogen-bond donors (Lipinski definition) is 0. The van der Waals surface area contributed by atoms with Gasteiger partial charge in [-0.3, -0.25) is 9.69 Å². The van der Waals surface area contributed by atoms with Crippen molar-refractivity contribution >= 4 is 18.0 Å². The molecule has 1 amide bonds. The second-order valence-corrected chi connectivity index (χ2v) is 4.40. The number of carbonyl (C=O) groups is 3. The fourth-order valence-electron chi connectivity index (χ4n) is 1.86. The molecule has 1 heterocycles. The number of ether oxygens (including phenoxy) is 3. The topological polar surface area (TPSA) is 82.1 Å². The molecule has 112 valence electrons. The molecule has 7 nitrogen and oxygen atoms in total. The smallest absolute Gasteiger partial charge is 0.413 e. The molecule has 0 aromatic heterocycles. The fraction of sp³-hybridized carbons (Fsp3) is 0.357. The van der Waals surface area contributed by atoms with E-state index in [0.29, 0.717) is 0 Å². The normalized spacial score (nSPS) is 17.3. The molecule has 0 spiro atoms. The van der Waals surface area contributed by atoms with Crippen LogP contribution in [0.3, 0.4) is 0 Å². The van der Waals surface area contributed by atoms with E-state index in [4.69, 9.17) is 9.47 Å². The molecule has 1 aromatic rings. The second kappa shape index (κ2) is 6.74. The Morgan fingerprint density at radius 3 is 2.71 bits per heavy atom. The molecule has 0 saturated carbocycles. The zero-order chi connectivity index (χ0) is 15.2. The van der Waals surface area contributed by atoms with E-state index in [-0.39, 0.29) is 19.8 Å². The molecule has 0 aliphatic carbocycles. The molecule has 1 aromatic carbocycles. The number of nitrogens with zero attached hydrogens (tertiary/aromatic N) is 1. The summed E-state index contributed by atoms with van der Waals surface area (Å²) in [4.78, 5) is 35.8. The molecule has 1 atom stereocenters. The summed E-state index contributed by atoms with van der Waals surface area (Å²) in [5.41, 5.74) is 0.821. The van der Waals surface area contributed by atoms with Gasteiger partial charge in [-0.05, 0) is 5.56 Å². The third kappa shape index (κ3) is 3.71. The van der Waals surface area contributed by atoms with Crippen LogP contribution < -0.4 is 0 Å². The highest BCUT2D eigenvalue weighted by Crippen LogP contribution is 2.17. The molecule has 1 fully saturated rings. The maximum absolute atomic E-state index is 12.0. The van der Waals surface area contributed by atoms with E-state index in [1.54, 1.807) is 0 Å². The van der Waals surface area contributed by atoms with Gasteiger partial charge in [0.25, 0.3) is 0 Å². The van der Waals surface area contributed by atoms with Crippen LogP contribution in [0, 0.1) is 0 Å². The lowest BCUT2D eigenvalue weighted by molar-refractivity contribution is -0.146. The third-order valence-corrected chi connectivity index (χ3v) is 3.02. The molecule has 0 bridgehead atoms. The van der Waals surface area contributed by atoms with E-state index < -0.39 is 24.1 Å². The molecule has 7 heteroatoms. The van der Waals surface area contributed by atoms with Gasteiger partial charge in [-0.2, -0.15) is 0 Å². The average molecular weight is 293 g/mol. The Morgan fingerprint density at radius 1 is 1.33 bits per heavy atom. The van der Waals surface area contributed by atoms with Crippen molar-refractivity contribution in [1.82, 2.24) is 4.90 Å². The molecule has 1 aliphatic heterocycles. The number of benzene rings is 1. The van der Waals surface area contributed by atoms with E-state index in [1.807, 2.05) is 30.3 Å². The minimum atomic E-state index is -0.999. The minimum absolute atomic E-state index is 0.0787. The first kappa shape index (κ1) is 14.8. The van der Waals surface area contributed by atoms with Crippen LogP contribution in [0.25, 0.3) is 0 Å². The number of carbonyl (C=O) groups excluding carboxylic acids is 3. The lowest BCUT2D eigenvalue weighted by Gasteiger charge is -2.18. The SMILES string of the molecule is COC(=O)CC1C(=O)OCN1C(=O)OCc1ccccc1. The van der Waals surface area contributed by atoms with E-state index in [1.165, 1.54) is 7.11 Å². The van der Waals surface area contributed by atoms with Crippen LogP contribution in [0.4, 0.5) is 4.79 Å². The highest BCUT2D eigenvalue weighted by Gasteiger charge is 2.40. The molecule has 1 saturated heterocycles. The Hall–Kier alpha value is -2.57. The number of hydrogen-bond acceptors (Lipinski definition) is 6. The number of cyclic esters (lactones) is 1. The van der Waals surface area contributed by atoms with Crippen molar-refractivity contribution in [3.05, 3.63) is 35.9 Å². The molecule has 2 rings (SSSR count). The largest absolute Gasteiger partial charge is 0.469 e. The Labute approximate surface area is 121 Å². The first-order valence-corrected chi connectivity index (χ1v) is 6.32. The van der Waals surface area contributed by atoms with Crippen LogP contribution in [0.15, 0.2) is 30.3 Å². The lowest BCUT2D eigenvalue weighted by Crippen LogP contribution is -2.40. The number of amides is 1. The third-order valence-electron chi connectivity index (χ3n) is 3.02. The van der Waals surface area contributed by atoms with Crippen LogP contribution in [-0.2, 0) is 30.4 Å². The zero-order valence-electron chi connectivity index (χ0n) is 11.5. The van der Waals surface area contributed by atoms with Crippen molar-refractivity contribution in [2.45, 2.75) is 19.1 Å². The van der Waals surface area contributed by atoms with Crippen molar-refractivity contribution in [1.29, 1.82) is 0 Å². The van der Waals surface area contributed by atoms with Gasteiger partial charge in [0.05, 0.1) is 13.5 Å². The van der Waals surface area contributed by atoms with Crippen molar-refractivity contribution in [2.75, 3.05) is 13.8 Å². The molecular weight excluding hydrogens is 278 g/mol. The van der Waals surface area contributed by atoms with E-state index in [2.05, 4.69) is 4.74 Å². The van der Waals surface area contributed by atoms with Crippen molar-refractivity contribution in [3.8, 4) is 0 Å². The summed E-state index contributed by atoms with van der Waals surface area (Å²) in [5.74, 6) is -1.24. The lowest BCUT2D eigenvalue weighted by atomic mass is 10.2. The average Bonchev–Trinajstić information content (AvgIpc) is 2.87. The van der Waals surface area contributed by atoms with Crippen LogP contribution in [-0.4, -0.2) is 42.8 Å². The van der Waals surface area contributed by atoms with Gasteiger partial charge in [-0.25, -0.2) is 9.59 Å². The first-order valence-electron chi connectivity index (χ1n) is 6.32. The molecule has 1 unspecified atom stereocenters. The predicted octanol–water partition coefficient (Wildman–Crippen LogP) is 1.07. The Bertz CT molecular complexity index is 530. The van der Waals surface area contributed by atoms with Crippen molar-refractivity contribution in [2.24, 2.45) is 0 Å². The maximum atomic E-state index is 12.0. The van der Waals surface area contributed by atoms with Gasteiger partial charge in [0.1, 0.15) is 12.6 Å². The molecule has 0 N–H and O–H groups in total. The first-order chi connectivity index (χ1) is 10.1. The highest BCUT2D eigenvalue weighted by atomic mass is 16.6. The number of methoxy groups -OCH3 is 1. The summed E-state index contributed by atoms with van der Waals surface area (Å²) >= 11 is 0. The monoisotopic (exact) mass is 293 g/mol. The van der Waals surface area contributed by atoms with E-state index in [9.17, 15) is 14.4 Å². The molecule has 1 aliphatic rings. The minimum Gasteiger partial charge on any atom is -0.469 e. The predicted molar refractivity (Wildman–Crippen MR) is 69.8 cm³/mol.